The molecule has 0 saturated carbocycles. The molecule has 1 aromatic carbocycles. The minimum atomic E-state index is -1.15. The second kappa shape index (κ2) is 14.2. The number of aliphatic carboxylic acids is 1. The molecule has 2 amide bonds. The van der Waals surface area contributed by atoms with E-state index in [0.717, 1.165) is 37.7 Å². The van der Waals surface area contributed by atoms with Gasteiger partial charge in [0.05, 0.1) is 6.20 Å². The summed E-state index contributed by atoms with van der Waals surface area (Å²) in [7, 11) is 0. The Labute approximate surface area is 210 Å². The van der Waals surface area contributed by atoms with Gasteiger partial charge in [-0.1, -0.05) is 36.6 Å². The highest BCUT2D eigenvalue weighted by molar-refractivity contribution is 5.94. The molecule has 0 fully saturated rings. The van der Waals surface area contributed by atoms with E-state index in [1.807, 2.05) is 20.8 Å². The van der Waals surface area contributed by atoms with Gasteiger partial charge in [-0.25, -0.2) is 14.0 Å². The topological polar surface area (TPSA) is 135 Å². The zero-order chi connectivity index (χ0) is 26.6. The molecule has 10 nitrogen and oxygen atoms in total. The number of alkyl carbamates (subject to hydrolysis) is 1. The van der Waals surface area contributed by atoms with Crippen LogP contribution in [0, 0.1) is 5.82 Å². The van der Waals surface area contributed by atoms with Gasteiger partial charge in [0.2, 0.25) is 0 Å². The van der Waals surface area contributed by atoms with E-state index in [1.165, 1.54) is 18.3 Å². The lowest BCUT2D eigenvalue weighted by molar-refractivity contribution is -0.139. The Balaban J connectivity index is 1.65. The monoisotopic (exact) mass is 505 g/mol. The molecule has 0 bridgehead atoms. The van der Waals surface area contributed by atoms with Gasteiger partial charge in [0.15, 0.2) is 5.69 Å². The molecular formula is C25H36FN5O5. The first-order chi connectivity index (χ1) is 17.0. The number of aryl methyl sites for hydroxylation is 2. The Kier molecular flexibility index (Phi) is 11.3. The van der Waals surface area contributed by atoms with E-state index in [1.54, 1.807) is 16.8 Å². The van der Waals surface area contributed by atoms with Crippen LogP contribution in [0.5, 0.6) is 0 Å². The maximum absolute atomic E-state index is 13.0. The second-order valence-corrected chi connectivity index (χ2v) is 9.59. The van der Waals surface area contributed by atoms with E-state index in [9.17, 15) is 23.9 Å². The maximum Gasteiger partial charge on any atom is 0.407 e. The maximum atomic E-state index is 13.0. The van der Waals surface area contributed by atoms with Crippen LogP contribution in [-0.4, -0.2) is 56.3 Å². The van der Waals surface area contributed by atoms with Crippen molar-refractivity contribution in [3.05, 3.63) is 47.5 Å². The minimum Gasteiger partial charge on any atom is -0.480 e. The number of carboxylic acid groups (broad SMARTS) is 1. The Morgan fingerprint density at radius 1 is 1.08 bits per heavy atom. The molecule has 1 unspecified atom stereocenters. The van der Waals surface area contributed by atoms with Gasteiger partial charge in [0, 0.05) is 13.1 Å². The number of halogens is 1. The number of hydrogen-bond acceptors (Lipinski definition) is 6. The third-order valence-electron chi connectivity index (χ3n) is 5.24. The van der Waals surface area contributed by atoms with Crippen molar-refractivity contribution in [1.29, 1.82) is 0 Å². The molecule has 0 aliphatic rings. The fourth-order valence-corrected chi connectivity index (χ4v) is 3.40. The van der Waals surface area contributed by atoms with Crippen molar-refractivity contribution >= 4 is 18.0 Å². The smallest absolute Gasteiger partial charge is 0.407 e. The van der Waals surface area contributed by atoms with Crippen molar-refractivity contribution in [2.24, 2.45) is 0 Å². The van der Waals surface area contributed by atoms with Gasteiger partial charge in [-0.15, -0.1) is 5.10 Å². The van der Waals surface area contributed by atoms with Crippen molar-refractivity contribution in [3.8, 4) is 0 Å². The summed E-state index contributed by atoms with van der Waals surface area (Å²) in [5, 5.41) is 22.5. The molecule has 1 aromatic heterocycles. The first-order valence-corrected chi connectivity index (χ1v) is 12.2. The van der Waals surface area contributed by atoms with Gasteiger partial charge in [-0.3, -0.25) is 9.48 Å². The fourth-order valence-electron chi connectivity index (χ4n) is 3.40. The number of carbonyl (C=O) groups excluding carboxylic acids is 2. The van der Waals surface area contributed by atoms with E-state index < -0.39 is 29.6 Å². The van der Waals surface area contributed by atoms with Crippen molar-refractivity contribution in [2.75, 3.05) is 6.54 Å². The predicted molar refractivity (Wildman–Crippen MR) is 131 cm³/mol. The van der Waals surface area contributed by atoms with Gasteiger partial charge in [-0.05, 0) is 64.2 Å². The van der Waals surface area contributed by atoms with Crippen LogP contribution in [0.2, 0.25) is 0 Å². The highest BCUT2D eigenvalue weighted by Gasteiger charge is 2.22. The molecule has 2 aromatic rings. The van der Waals surface area contributed by atoms with Crippen LogP contribution in [0.3, 0.4) is 0 Å². The number of nitrogens with zero attached hydrogens (tertiary/aromatic N) is 3. The third-order valence-corrected chi connectivity index (χ3v) is 5.24. The number of unbranched alkanes of at least 4 members (excludes halogenated alkanes) is 4. The third kappa shape index (κ3) is 11.3. The molecule has 0 aliphatic carbocycles. The number of aromatic nitrogens is 3. The number of carbonyl (C=O) groups is 3. The second-order valence-electron chi connectivity index (χ2n) is 9.59. The van der Waals surface area contributed by atoms with Gasteiger partial charge >= 0.3 is 12.1 Å². The molecule has 198 valence electrons. The minimum absolute atomic E-state index is 0.0521. The van der Waals surface area contributed by atoms with Crippen LogP contribution in [-0.2, 0) is 22.5 Å². The zero-order valence-electron chi connectivity index (χ0n) is 21.1. The van der Waals surface area contributed by atoms with Crippen molar-refractivity contribution in [3.63, 3.8) is 0 Å². The lowest BCUT2D eigenvalue weighted by Gasteiger charge is -2.19. The van der Waals surface area contributed by atoms with Gasteiger partial charge < -0.3 is 20.5 Å². The number of benzene rings is 1. The van der Waals surface area contributed by atoms with Crippen molar-refractivity contribution < 1.29 is 28.6 Å². The SMILES string of the molecule is CC(C)(C)OC(=O)NCCCCCCCn1cc(C(=O)NC(CCc2ccc(F)cc2)C(=O)O)nn1. The van der Waals surface area contributed by atoms with Gasteiger partial charge in [0.25, 0.3) is 5.91 Å². The van der Waals surface area contributed by atoms with E-state index >= 15 is 0 Å². The molecule has 36 heavy (non-hydrogen) atoms. The molecule has 0 radical (unpaired) electrons. The summed E-state index contributed by atoms with van der Waals surface area (Å²) in [5.74, 6) is -2.12. The Hall–Kier alpha value is -3.50. The van der Waals surface area contributed by atoms with Gasteiger partial charge in [-0.2, -0.15) is 0 Å². The Morgan fingerprint density at radius 3 is 2.42 bits per heavy atom. The molecule has 2 rings (SSSR count). The predicted octanol–water partition coefficient (Wildman–Crippen LogP) is 3.71. The number of rotatable bonds is 14. The van der Waals surface area contributed by atoms with E-state index in [2.05, 4.69) is 20.9 Å². The summed E-state index contributed by atoms with van der Waals surface area (Å²) < 4.78 is 19.8. The summed E-state index contributed by atoms with van der Waals surface area (Å²) in [5.41, 5.74) is 0.327. The van der Waals surface area contributed by atoms with E-state index in [-0.39, 0.29) is 17.9 Å². The molecule has 0 saturated heterocycles. The highest BCUT2D eigenvalue weighted by Crippen LogP contribution is 2.09. The summed E-state index contributed by atoms with van der Waals surface area (Å²) in [4.78, 5) is 35.6. The summed E-state index contributed by atoms with van der Waals surface area (Å²) in [6, 6.07) is 4.70. The van der Waals surface area contributed by atoms with E-state index in [4.69, 9.17) is 4.74 Å². The van der Waals surface area contributed by atoms with Crippen LogP contribution in [0.1, 0.15) is 75.3 Å². The van der Waals surface area contributed by atoms with Crippen LogP contribution < -0.4 is 10.6 Å². The average Bonchev–Trinajstić information content (AvgIpc) is 3.27. The molecule has 1 atom stereocenters. The average molecular weight is 506 g/mol. The van der Waals surface area contributed by atoms with Crippen molar-refractivity contribution in [2.45, 2.75) is 83.9 Å². The largest absolute Gasteiger partial charge is 0.480 e. The van der Waals surface area contributed by atoms with Crippen LogP contribution in [0.4, 0.5) is 9.18 Å². The first kappa shape index (κ1) is 28.7. The van der Waals surface area contributed by atoms with Crippen molar-refractivity contribution in [1.82, 2.24) is 25.6 Å². The van der Waals surface area contributed by atoms with Crippen LogP contribution >= 0.6 is 0 Å². The van der Waals surface area contributed by atoms with Crippen LogP contribution in [0.15, 0.2) is 30.5 Å². The summed E-state index contributed by atoms with van der Waals surface area (Å²) >= 11 is 0. The zero-order valence-corrected chi connectivity index (χ0v) is 21.1. The number of nitrogens with one attached hydrogen (secondary N) is 2. The standard InChI is InChI=1S/C25H36FN5O5/c1-25(2,3)36-24(35)27-15-7-5-4-6-8-16-31-17-21(29-30-31)22(32)28-20(23(33)34)14-11-18-9-12-19(26)13-10-18/h9-10,12-13,17,20H,4-8,11,14-16H2,1-3H3,(H,27,35)(H,28,32)(H,33,34). The first-order valence-electron chi connectivity index (χ1n) is 12.2. The highest BCUT2D eigenvalue weighted by atomic mass is 19.1. The van der Waals surface area contributed by atoms with E-state index in [0.29, 0.717) is 19.5 Å². The molecule has 0 spiro atoms. The lowest BCUT2D eigenvalue weighted by Crippen LogP contribution is -2.41. The molecule has 0 aliphatic heterocycles. The van der Waals surface area contributed by atoms with Crippen LogP contribution in [0.25, 0.3) is 0 Å². The Bertz CT molecular complexity index is 987. The molecule has 1 heterocycles. The quantitative estimate of drug-likeness (QED) is 0.333. The number of amides is 2. The normalized spacial score (nSPS) is 12.1. The fraction of sp³-hybridized carbons (Fsp3) is 0.560. The number of ether oxygens (including phenoxy) is 1. The molecule has 11 heteroatoms. The molecule has 3 N–H and O–H groups in total. The number of hydrogen-bond donors (Lipinski definition) is 3. The summed E-state index contributed by atoms with van der Waals surface area (Å²) in [6.07, 6.45) is 6.25. The molecular weight excluding hydrogens is 469 g/mol. The summed E-state index contributed by atoms with van der Waals surface area (Å²) in [6.45, 7) is 6.62. The number of carboxylic acids is 1. The lowest BCUT2D eigenvalue weighted by atomic mass is 10.1. The van der Waals surface area contributed by atoms with Gasteiger partial charge in [0.1, 0.15) is 17.5 Å². The Morgan fingerprint density at radius 2 is 1.75 bits per heavy atom.